The van der Waals surface area contributed by atoms with Crippen molar-refractivity contribution in [3.63, 3.8) is 0 Å². The number of aliphatic hydroxyl groups is 2. The summed E-state index contributed by atoms with van der Waals surface area (Å²) in [5.74, 6) is -2.35. The number of ketones is 2. The predicted octanol–water partition coefficient (Wildman–Crippen LogP) is 5.42. The number of aliphatic hydroxyl groups excluding tert-OH is 1. The first-order valence-corrected chi connectivity index (χ1v) is 19.7. The first kappa shape index (κ1) is 40.2. The number of hydrogen-bond donors (Lipinski definition) is 3. The third kappa shape index (κ3) is 7.58. The van der Waals surface area contributed by atoms with E-state index in [-0.39, 0.29) is 61.7 Å². The number of nitrogens with zero attached hydrogens (tertiary/aromatic N) is 2. The molecule has 4 aliphatic carbocycles. The molecule has 1 heterocycles. The summed E-state index contributed by atoms with van der Waals surface area (Å²) >= 11 is 0. The molecule has 8 atom stereocenters. The van der Waals surface area contributed by atoms with Gasteiger partial charge in [0, 0.05) is 40.2 Å². The highest BCUT2D eigenvalue weighted by atomic mass is 16.5. The quantitative estimate of drug-likeness (QED) is 0.201. The van der Waals surface area contributed by atoms with Crippen molar-refractivity contribution in [3.05, 3.63) is 95.9 Å². The summed E-state index contributed by atoms with van der Waals surface area (Å²) in [6.07, 6.45) is 9.79. The molecule has 0 saturated heterocycles. The molecule has 0 spiro atoms. The molecule has 12 nitrogen and oxygen atoms in total. The molecule has 2 aromatic carbocycles. The van der Waals surface area contributed by atoms with E-state index >= 15 is 0 Å². The highest BCUT2D eigenvalue weighted by Crippen LogP contribution is 2.67. The first-order valence-electron chi connectivity index (χ1n) is 19.7. The maximum Gasteiger partial charge on any atom is 0.306 e. The van der Waals surface area contributed by atoms with Crippen molar-refractivity contribution in [1.82, 2.24) is 9.88 Å². The van der Waals surface area contributed by atoms with E-state index in [0.29, 0.717) is 17.7 Å². The molecule has 57 heavy (non-hydrogen) atoms. The van der Waals surface area contributed by atoms with Crippen molar-refractivity contribution >= 4 is 45.9 Å². The molecule has 0 unspecified atom stereocenters. The zero-order chi connectivity index (χ0) is 40.7. The number of carbonyl (C=O) groups excluding carboxylic acids is 5. The number of carbonyl (C=O) groups is 5. The number of fused-ring (bicyclic) bond motifs is 6. The molecule has 12 heteroatoms. The molecule has 0 aliphatic heterocycles. The molecular formula is C45H51N3O9. The SMILES string of the molecule is CN(C)[C@@H](C(=O)Nc1ccc2cnccc2c1)c1ccc(COC(=O)CCC(=O)OCC(=O)[C@@]2(O)CC[C@H]3[C@@H]4CCC5=CC(=O)C=C[C@]5(C)[C@H]4[C@@H](O)C[C@@]32C)cc1. The lowest BCUT2D eigenvalue weighted by Crippen LogP contribution is -2.61. The summed E-state index contributed by atoms with van der Waals surface area (Å²) < 4.78 is 10.7. The summed E-state index contributed by atoms with van der Waals surface area (Å²) in [4.78, 5) is 70.2. The van der Waals surface area contributed by atoms with Crippen LogP contribution in [0.1, 0.15) is 76.0 Å². The fourth-order valence-electron chi connectivity index (χ4n) is 10.4. The van der Waals surface area contributed by atoms with Gasteiger partial charge in [-0.15, -0.1) is 0 Å². The maximum atomic E-state index is 13.6. The third-order valence-electron chi connectivity index (χ3n) is 13.4. The number of allylic oxidation sites excluding steroid dienone is 4. The Balaban J connectivity index is 0.874. The van der Waals surface area contributed by atoms with E-state index < -0.39 is 52.9 Å². The van der Waals surface area contributed by atoms with Gasteiger partial charge < -0.3 is 25.0 Å². The second kappa shape index (κ2) is 15.7. The normalized spacial score (nSPS) is 29.5. The Morgan fingerprint density at radius 1 is 0.982 bits per heavy atom. The summed E-state index contributed by atoms with van der Waals surface area (Å²) in [5.41, 5.74) is -0.00843. The largest absolute Gasteiger partial charge is 0.461 e. The second-order valence-corrected chi connectivity index (χ2v) is 16.9. The fraction of sp³-hybridized carbons (Fsp3) is 0.467. The molecular weight excluding hydrogens is 727 g/mol. The van der Waals surface area contributed by atoms with E-state index in [0.717, 1.165) is 34.8 Å². The number of pyridine rings is 1. The number of nitrogens with one attached hydrogen (secondary N) is 1. The van der Waals surface area contributed by atoms with Crippen molar-refractivity contribution in [1.29, 1.82) is 0 Å². The van der Waals surface area contributed by atoms with Gasteiger partial charge in [-0.2, -0.15) is 0 Å². The number of hydrogen-bond acceptors (Lipinski definition) is 11. The summed E-state index contributed by atoms with van der Waals surface area (Å²) in [5, 5.41) is 28.5. The number of likely N-dealkylation sites (N-methyl/N-ethyl adjacent to an activating group) is 1. The van der Waals surface area contributed by atoms with Crippen molar-refractivity contribution in [3.8, 4) is 0 Å². The van der Waals surface area contributed by atoms with Crippen molar-refractivity contribution in [2.75, 3.05) is 26.0 Å². The highest BCUT2D eigenvalue weighted by molar-refractivity contribution is 6.01. The lowest BCUT2D eigenvalue weighted by molar-refractivity contribution is -0.181. The van der Waals surface area contributed by atoms with Crippen LogP contribution < -0.4 is 5.32 Å². The molecule has 0 radical (unpaired) electrons. The Morgan fingerprint density at radius 3 is 2.46 bits per heavy atom. The Labute approximate surface area is 332 Å². The minimum absolute atomic E-state index is 0.0286. The molecule has 300 valence electrons. The van der Waals surface area contributed by atoms with E-state index in [1.807, 2.05) is 56.3 Å². The average Bonchev–Trinajstić information content (AvgIpc) is 3.45. The van der Waals surface area contributed by atoms with Gasteiger partial charge in [-0.1, -0.05) is 55.8 Å². The van der Waals surface area contributed by atoms with Gasteiger partial charge >= 0.3 is 11.9 Å². The van der Waals surface area contributed by atoms with E-state index in [2.05, 4.69) is 17.2 Å². The van der Waals surface area contributed by atoms with Crippen LogP contribution >= 0.6 is 0 Å². The highest BCUT2D eigenvalue weighted by Gasteiger charge is 2.68. The Bertz CT molecular complexity index is 2150. The fourth-order valence-corrected chi connectivity index (χ4v) is 10.4. The molecule has 1 aromatic heterocycles. The first-order chi connectivity index (χ1) is 27.1. The lowest BCUT2D eigenvalue weighted by atomic mass is 9.46. The Kier molecular flexibility index (Phi) is 11.1. The van der Waals surface area contributed by atoms with Gasteiger partial charge in [0.05, 0.1) is 18.9 Å². The van der Waals surface area contributed by atoms with Gasteiger partial charge in [0.25, 0.3) is 0 Å². The molecule has 7 rings (SSSR count). The van der Waals surface area contributed by atoms with Crippen molar-refractivity contribution in [2.45, 2.75) is 83.1 Å². The number of benzene rings is 2. The summed E-state index contributed by atoms with van der Waals surface area (Å²) in [6, 6.07) is 14.1. The molecule has 0 bridgehead atoms. The third-order valence-corrected chi connectivity index (χ3v) is 13.4. The van der Waals surface area contributed by atoms with Crippen LogP contribution in [0.4, 0.5) is 5.69 Å². The summed E-state index contributed by atoms with van der Waals surface area (Å²) in [7, 11) is 3.64. The van der Waals surface area contributed by atoms with Crippen molar-refractivity contribution in [2.24, 2.45) is 28.6 Å². The molecule has 4 aliphatic rings. The number of ether oxygens (including phenoxy) is 2. The lowest BCUT2D eigenvalue weighted by Gasteiger charge is -2.59. The van der Waals surface area contributed by atoms with Crippen LogP contribution in [0.2, 0.25) is 0 Å². The van der Waals surface area contributed by atoms with Gasteiger partial charge in [0.15, 0.2) is 12.4 Å². The van der Waals surface area contributed by atoms with Crippen LogP contribution in [0.15, 0.2) is 84.7 Å². The predicted molar refractivity (Wildman–Crippen MR) is 211 cm³/mol. The van der Waals surface area contributed by atoms with Crippen LogP contribution in [0.5, 0.6) is 0 Å². The van der Waals surface area contributed by atoms with E-state index in [9.17, 15) is 34.2 Å². The van der Waals surface area contributed by atoms with Gasteiger partial charge in [-0.05, 0) is 105 Å². The topological polar surface area (TPSA) is 172 Å². The molecule has 3 N–H and O–H groups in total. The number of Topliss-reactive ketones (excluding diaryl/α,β-unsaturated/α-hetero) is 1. The second-order valence-electron chi connectivity index (χ2n) is 16.9. The van der Waals surface area contributed by atoms with Gasteiger partial charge in [0.2, 0.25) is 11.7 Å². The Morgan fingerprint density at radius 2 is 1.72 bits per heavy atom. The zero-order valence-electron chi connectivity index (χ0n) is 32.9. The van der Waals surface area contributed by atoms with Gasteiger partial charge in [-0.3, -0.25) is 33.9 Å². The number of anilines is 1. The molecule has 3 aromatic rings. The minimum atomic E-state index is -1.78. The number of esters is 2. The van der Waals surface area contributed by atoms with E-state index in [4.69, 9.17) is 9.47 Å². The number of rotatable bonds is 12. The molecule has 3 saturated carbocycles. The zero-order valence-corrected chi connectivity index (χ0v) is 32.9. The maximum absolute atomic E-state index is 13.6. The smallest absolute Gasteiger partial charge is 0.306 e. The minimum Gasteiger partial charge on any atom is -0.461 e. The van der Waals surface area contributed by atoms with Crippen LogP contribution in [-0.4, -0.2) is 81.9 Å². The molecule has 3 fully saturated rings. The number of amides is 1. The van der Waals surface area contributed by atoms with Gasteiger partial charge in [0.1, 0.15) is 18.2 Å². The van der Waals surface area contributed by atoms with Crippen LogP contribution in [-0.2, 0) is 40.1 Å². The Hall–Kier alpha value is -5.04. The van der Waals surface area contributed by atoms with Crippen LogP contribution in [0, 0.1) is 28.6 Å². The van der Waals surface area contributed by atoms with Crippen molar-refractivity contribution < 1.29 is 43.7 Å². The molecule has 1 amide bonds. The summed E-state index contributed by atoms with van der Waals surface area (Å²) in [6.45, 7) is 3.26. The van der Waals surface area contributed by atoms with Gasteiger partial charge in [-0.25, -0.2) is 0 Å². The van der Waals surface area contributed by atoms with Crippen LogP contribution in [0.25, 0.3) is 10.8 Å². The van der Waals surface area contributed by atoms with E-state index in [1.54, 1.807) is 48.8 Å². The number of aromatic nitrogens is 1. The van der Waals surface area contributed by atoms with Crippen LogP contribution in [0.3, 0.4) is 0 Å². The monoisotopic (exact) mass is 777 g/mol. The standard InChI is InChI=1S/C45H51N3O9/c1-43-18-15-33(49)22-31(43)10-12-34-35-16-19-45(55,44(35,2)23-36(50)40(34)43)37(51)26-57-39(53)14-13-38(52)56-25-27-5-7-28(8-6-27)41(48(3)4)42(54)47-32-11-9-30-24-46-20-17-29(30)21-32/h5-9,11,15,17-18,20-22,24,34-36,40-41,50,55H,10,12-14,16,19,23,25-26H2,1-4H3,(H,47,54)/t34-,35-,36-,40+,41+,43-,44-,45-/m0/s1. The van der Waals surface area contributed by atoms with E-state index in [1.165, 1.54) is 0 Å². The average molecular weight is 778 g/mol.